The second-order valence-corrected chi connectivity index (χ2v) is 21.3. The normalized spacial score (nSPS) is 16.4. The first kappa shape index (κ1) is 40.6. The molecule has 1 heterocycles. The summed E-state index contributed by atoms with van der Waals surface area (Å²) in [6.07, 6.45) is -1.84. The summed E-state index contributed by atoms with van der Waals surface area (Å²) < 4.78 is 17.4. The largest absolute Gasteiger partial charge is 0.445 e. The fourth-order valence-electron chi connectivity index (χ4n) is 4.29. The molecule has 0 spiro atoms. The number of nitrogens with zero attached hydrogens (tertiary/aromatic N) is 2. The predicted molar refractivity (Wildman–Crippen MR) is 197 cm³/mol. The summed E-state index contributed by atoms with van der Waals surface area (Å²) in [6.45, 7) is 12.3. The molecule has 50 heavy (non-hydrogen) atoms. The zero-order valence-corrected chi connectivity index (χ0v) is 31.9. The molecule has 0 aromatic heterocycles. The number of hydrogen-bond donors (Lipinski definition) is 3. The second kappa shape index (κ2) is 17.9. The fourth-order valence-corrected chi connectivity index (χ4v) is 8.86. The molecule has 0 saturated carbocycles. The highest BCUT2D eigenvalue weighted by atomic mass is 32.2. The number of non-ortho nitro benzene ring substituents is 2. The maximum atomic E-state index is 12.6. The lowest BCUT2D eigenvalue weighted by Gasteiger charge is -2.45. The van der Waals surface area contributed by atoms with E-state index in [2.05, 4.69) is 49.8 Å². The number of nitro groups is 2. The van der Waals surface area contributed by atoms with E-state index in [1.807, 2.05) is 6.92 Å². The molecule has 2 aromatic carbocycles. The minimum absolute atomic E-state index is 0.0262. The third-order valence-corrected chi connectivity index (χ3v) is 15.6. The van der Waals surface area contributed by atoms with Crippen LogP contribution in [0.15, 0.2) is 48.5 Å². The summed E-state index contributed by atoms with van der Waals surface area (Å²) in [5.74, 6) is -0.529. The van der Waals surface area contributed by atoms with Gasteiger partial charge in [0, 0.05) is 42.6 Å². The highest BCUT2D eigenvalue weighted by molar-refractivity contribution is 8.47. The zero-order valence-electron chi connectivity index (χ0n) is 28.5. The Hall–Kier alpha value is -3.78. The van der Waals surface area contributed by atoms with E-state index in [4.69, 9.17) is 26.1 Å². The molecule has 1 aliphatic rings. The maximum Gasteiger partial charge on any atom is 0.407 e. The van der Waals surface area contributed by atoms with Gasteiger partial charge in [-0.2, -0.15) is 0 Å². The molecule has 3 amide bonds. The first-order valence-electron chi connectivity index (χ1n) is 15.5. The van der Waals surface area contributed by atoms with Crippen LogP contribution in [-0.2, 0) is 31.9 Å². The van der Waals surface area contributed by atoms with Gasteiger partial charge in [0.1, 0.15) is 16.7 Å². The van der Waals surface area contributed by atoms with Crippen molar-refractivity contribution in [1.29, 1.82) is 0 Å². The van der Waals surface area contributed by atoms with E-state index in [1.54, 1.807) is 0 Å². The molecule has 0 radical (unpaired) electrons. The number of amides is 3. The summed E-state index contributed by atoms with van der Waals surface area (Å²) in [4.78, 5) is 58.3. The van der Waals surface area contributed by atoms with Gasteiger partial charge in [-0.1, -0.05) is 44.8 Å². The molecule has 1 fully saturated rings. The molecule has 0 bridgehead atoms. The van der Waals surface area contributed by atoms with E-state index < -0.39 is 41.5 Å². The highest BCUT2D eigenvalue weighted by Gasteiger charge is 2.48. The lowest BCUT2D eigenvalue weighted by molar-refractivity contribution is -0.385. The van der Waals surface area contributed by atoms with E-state index in [9.17, 15) is 34.6 Å². The van der Waals surface area contributed by atoms with E-state index in [1.165, 1.54) is 72.1 Å². The van der Waals surface area contributed by atoms with Crippen molar-refractivity contribution in [2.75, 3.05) is 13.1 Å². The molecular formula is C31H41N5O10S3Si. The Balaban J connectivity index is 1.58. The van der Waals surface area contributed by atoms with Crippen LogP contribution < -0.4 is 16.0 Å². The third kappa shape index (κ3) is 12.2. The Morgan fingerprint density at radius 3 is 1.74 bits per heavy atom. The number of benzene rings is 2. The summed E-state index contributed by atoms with van der Waals surface area (Å²) in [5.41, 5.74) is 0.929. The van der Waals surface area contributed by atoms with Gasteiger partial charge in [-0.15, -0.1) is 11.8 Å². The number of nitro benzene ring substituents is 2. The molecule has 1 saturated heterocycles. The van der Waals surface area contributed by atoms with Crippen molar-refractivity contribution < 1.29 is 38.1 Å². The van der Waals surface area contributed by atoms with Gasteiger partial charge in [-0.25, -0.2) is 9.59 Å². The van der Waals surface area contributed by atoms with Crippen LogP contribution in [0.2, 0.25) is 18.1 Å². The molecule has 3 rings (SSSR count). The number of carbonyl (C=O) groups is 3. The van der Waals surface area contributed by atoms with Crippen molar-refractivity contribution >= 4 is 77.1 Å². The number of β-lactam (4-membered cyclic amide) rings is 1. The number of thiocarbonyl (C=S) groups is 1. The number of carbonyl (C=O) groups excluding carboxylic acids is 3. The lowest BCUT2D eigenvalue weighted by Crippen LogP contribution is -2.62. The highest BCUT2D eigenvalue weighted by Crippen LogP contribution is 2.41. The second-order valence-electron chi connectivity index (χ2n) is 12.9. The number of rotatable bonds is 15. The van der Waals surface area contributed by atoms with Gasteiger partial charge < -0.3 is 29.9 Å². The maximum absolute atomic E-state index is 12.6. The van der Waals surface area contributed by atoms with Crippen molar-refractivity contribution in [1.82, 2.24) is 16.0 Å². The van der Waals surface area contributed by atoms with E-state index >= 15 is 0 Å². The zero-order chi connectivity index (χ0) is 37.2. The summed E-state index contributed by atoms with van der Waals surface area (Å²) in [6, 6.07) is 11.2. The van der Waals surface area contributed by atoms with Crippen molar-refractivity contribution in [3.05, 3.63) is 79.9 Å². The molecule has 3 N–H and O–H groups in total. The van der Waals surface area contributed by atoms with Crippen LogP contribution in [0.4, 0.5) is 21.0 Å². The Kier molecular flexibility index (Phi) is 14.6. The van der Waals surface area contributed by atoms with Gasteiger partial charge in [0.2, 0.25) is 5.91 Å². The number of nitrogens with one attached hydrogen (secondary N) is 3. The smallest absolute Gasteiger partial charge is 0.407 e. The van der Waals surface area contributed by atoms with Crippen LogP contribution in [0, 0.1) is 26.1 Å². The van der Waals surface area contributed by atoms with Crippen LogP contribution in [0.3, 0.4) is 0 Å². The van der Waals surface area contributed by atoms with Gasteiger partial charge in [-0.3, -0.25) is 25.0 Å². The Labute approximate surface area is 304 Å². The minimum Gasteiger partial charge on any atom is -0.445 e. The molecule has 2 aromatic rings. The molecule has 272 valence electrons. The summed E-state index contributed by atoms with van der Waals surface area (Å²) in [7, 11) is -2.14. The Morgan fingerprint density at radius 1 is 0.920 bits per heavy atom. The SMILES string of the molecule is C[C@@H](O[Si](C)(C)C(C)(C)C)[C@H]1C(=O)N[C@@H]1SC(=S)SC(CNC(=O)OCc1ccc([N+](=O)[O-])cc1)CNC(=O)OCc1ccc([N+](=O)[O-])cc1. The van der Waals surface area contributed by atoms with Crippen LogP contribution in [0.5, 0.6) is 0 Å². The van der Waals surface area contributed by atoms with E-state index in [0.717, 1.165) is 0 Å². The summed E-state index contributed by atoms with van der Waals surface area (Å²) in [5, 5.41) is 29.1. The van der Waals surface area contributed by atoms with Gasteiger partial charge >= 0.3 is 12.2 Å². The van der Waals surface area contributed by atoms with Crippen LogP contribution in [-0.4, -0.2) is 69.6 Å². The Morgan fingerprint density at radius 2 is 1.36 bits per heavy atom. The topological polar surface area (TPSA) is 201 Å². The number of ether oxygens (including phenoxy) is 2. The van der Waals surface area contributed by atoms with E-state index in [0.29, 0.717) is 14.7 Å². The molecule has 3 atom stereocenters. The molecule has 19 heteroatoms. The van der Waals surface area contributed by atoms with Crippen molar-refractivity contribution in [2.45, 2.75) is 75.8 Å². The minimum atomic E-state index is -2.14. The first-order valence-corrected chi connectivity index (χ1v) is 20.6. The number of alkyl carbamates (subject to hydrolysis) is 2. The summed E-state index contributed by atoms with van der Waals surface area (Å²) >= 11 is 8.17. The monoisotopic (exact) mass is 767 g/mol. The average molecular weight is 768 g/mol. The quantitative estimate of drug-likeness (QED) is 0.0604. The lowest BCUT2D eigenvalue weighted by atomic mass is 9.96. The van der Waals surface area contributed by atoms with Gasteiger partial charge in [-0.05, 0) is 60.4 Å². The Bertz CT molecular complexity index is 1480. The predicted octanol–water partition coefficient (Wildman–Crippen LogP) is 6.26. The molecule has 1 aliphatic heterocycles. The van der Waals surface area contributed by atoms with Crippen LogP contribution in [0.1, 0.15) is 38.8 Å². The van der Waals surface area contributed by atoms with Gasteiger partial charge in [0.15, 0.2) is 8.32 Å². The number of hydrogen-bond acceptors (Lipinski definition) is 13. The van der Waals surface area contributed by atoms with Crippen molar-refractivity contribution in [2.24, 2.45) is 5.92 Å². The van der Waals surface area contributed by atoms with Gasteiger partial charge in [0.25, 0.3) is 11.4 Å². The van der Waals surface area contributed by atoms with Crippen LogP contribution in [0.25, 0.3) is 0 Å². The van der Waals surface area contributed by atoms with E-state index in [-0.39, 0.29) is 60.1 Å². The van der Waals surface area contributed by atoms with Crippen molar-refractivity contribution in [3.8, 4) is 0 Å². The van der Waals surface area contributed by atoms with Gasteiger partial charge in [0.05, 0.1) is 27.2 Å². The fraction of sp³-hybridized carbons (Fsp3) is 0.484. The molecule has 0 aliphatic carbocycles. The molecule has 15 nitrogen and oxygen atoms in total. The third-order valence-electron chi connectivity index (χ3n) is 8.17. The standard InChI is InChI=1S/C31H41N5O10S3Si/c1-19(46-50(5,6)31(2,3)4)25-26(37)34-27(25)49-30(47)48-24(15-32-28(38)44-17-20-7-11-22(12-8-20)35(40)41)16-33-29(39)45-18-21-9-13-23(14-10-21)36(42)43/h7-14,19,24-25,27H,15-18H2,1-6H3,(H,32,38)(H,33,39)(H,34,37)/t19-,25+,27-/m1/s1. The van der Waals surface area contributed by atoms with Crippen molar-refractivity contribution in [3.63, 3.8) is 0 Å². The van der Waals surface area contributed by atoms with Crippen LogP contribution >= 0.6 is 35.7 Å². The molecular weight excluding hydrogens is 727 g/mol. The number of thioether (sulfide) groups is 2. The first-order chi connectivity index (χ1) is 23.4. The average Bonchev–Trinajstić information content (AvgIpc) is 3.03. The molecule has 0 unspecified atom stereocenters.